The van der Waals surface area contributed by atoms with Gasteiger partial charge in [0.2, 0.25) is 0 Å². The third-order valence-electron chi connectivity index (χ3n) is 5.24. The lowest BCUT2D eigenvalue weighted by atomic mass is 9.92. The van der Waals surface area contributed by atoms with Gasteiger partial charge in [0.15, 0.2) is 0 Å². The van der Waals surface area contributed by atoms with Crippen molar-refractivity contribution in [1.29, 1.82) is 0 Å². The Morgan fingerprint density at radius 1 is 1.21 bits per heavy atom. The van der Waals surface area contributed by atoms with Gasteiger partial charge in [0.1, 0.15) is 11.4 Å². The maximum atomic E-state index is 13.1. The SMILES string of the molecule is C=CCCCOc1cc(C(=O)OC)ccc1[C@@H]1C[C@@H](OCC=C)CCN1C(=O)OC(C)(C)C. The lowest BCUT2D eigenvalue weighted by Crippen LogP contribution is -2.45. The minimum Gasteiger partial charge on any atom is -0.493 e. The topological polar surface area (TPSA) is 74.3 Å². The molecule has 1 aliphatic heterocycles. The molecule has 0 bridgehead atoms. The molecule has 1 aliphatic rings. The molecule has 1 fully saturated rings. The first-order valence-corrected chi connectivity index (χ1v) is 11.4. The van der Waals surface area contributed by atoms with Crippen molar-refractivity contribution < 1.29 is 28.5 Å². The standard InChI is InChI=1S/C26H37NO6/c1-7-9-10-16-32-23-17-19(24(28)30-6)11-12-21(23)22-18-20(31-15-8-2)13-14-27(22)25(29)33-26(3,4)5/h7-8,11-12,17,20,22H,1-2,9-10,13-16,18H2,3-6H3/t20-,22-/m0/s1. The van der Waals surface area contributed by atoms with Crippen molar-refractivity contribution in [2.24, 2.45) is 0 Å². The van der Waals surface area contributed by atoms with Crippen LogP contribution >= 0.6 is 0 Å². The molecule has 1 saturated heterocycles. The van der Waals surface area contributed by atoms with Crippen molar-refractivity contribution in [3.63, 3.8) is 0 Å². The average molecular weight is 460 g/mol. The first-order valence-electron chi connectivity index (χ1n) is 11.4. The molecule has 2 rings (SSSR count). The number of ether oxygens (including phenoxy) is 4. The third kappa shape index (κ3) is 7.93. The number of hydrogen-bond donors (Lipinski definition) is 0. The number of rotatable bonds is 10. The number of benzene rings is 1. The summed E-state index contributed by atoms with van der Waals surface area (Å²) in [6.45, 7) is 14.4. The fourth-order valence-electron chi connectivity index (χ4n) is 3.71. The molecule has 0 N–H and O–H groups in total. The van der Waals surface area contributed by atoms with Crippen LogP contribution in [0.4, 0.5) is 4.79 Å². The quantitative estimate of drug-likeness (QED) is 0.263. The Kier molecular flexibility index (Phi) is 9.97. The highest BCUT2D eigenvalue weighted by atomic mass is 16.6. The summed E-state index contributed by atoms with van der Waals surface area (Å²) in [6, 6.07) is 4.87. The van der Waals surface area contributed by atoms with E-state index < -0.39 is 11.6 Å². The average Bonchev–Trinajstić information content (AvgIpc) is 2.78. The summed E-state index contributed by atoms with van der Waals surface area (Å²) in [5.74, 6) is 0.0993. The van der Waals surface area contributed by atoms with Gasteiger partial charge >= 0.3 is 12.1 Å². The Bertz CT molecular complexity index is 829. The molecule has 0 spiro atoms. The summed E-state index contributed by atoms with van der Waals surface area (Å²) < 4.78 is 22.6. The number of amides is 1. The zero-order valence-corrected chi connectivity index (χ0v) is 20.3. The highest BCUT2D eigenvalue weighted by Crippen LogP contribution is 2.38. The van der Waals surface area contributed by atoms with Crippen molar-refractivity contribution >= 4 is 12.1 Å². The van der Waals surface area contributed by atoms with E-state index in [0.717, 1.165) is 18.4 Å². The van der Waals surface area contributed by atoms with Gasteiger partial charge in [-0.05, 0) is 58.6 Å². The second-order valence-corrected chi connectivity index (χ2v) is 8.98. The molecule has 0 aromatic heterocycles. The van der Waals surface area contributed by atoms with Crippen LogP contribution in [0, 0.1) is 0 Å². The summed E-state index contributed by atoms with van der Waals surface area (Å²) in [7, 11) is 1.34. The second kappa shape index (κ2) is 12.4. The third-order valence-corrected chi connectivity index (χ3v) is 5.24. The maximum absolute atomic E-state index is 13.1. The summed E-state index contributed by atoms with van der Waals surface area (Å²) in [6.07, 6.45) is 6.00. The number of likely N-dealkylation sites (tertiary alicyclic amines) is 1. The van der Waals surface area contributed by atoms with Crippen molar-refractivity contribution in [1.82, 2.24) is 4.90 Å². The lowest BCUT2D eigenvalue weighted by Gasteiger charge is -2.40. The zero-order valence-electron chi connectivity index (χ0n) is 20.3. The van der Waals surface area contributed by atoms with E-state index in [4.69, 9.17) is 18.9 Å². The number of hydrogen-bond acceptors (Lipinski definition) is 6. The molecule has 0 aliphatic carbocycles. The fourth-order valence-corrected chi connectivity index (χ4v) is 3.71. The Balaban J connectivity index is 2.41. The number of esters is 1. The zero-order chi connectivity index (χ0) is 24.4. The molecule has 1 amide bonds. The number of nitrogens with zero attached hydrogens (tertiary/aromatic N) is 1. The van der Waals surface area contributed by atoms with Crippen LogP contribution in [0.5, 0.6) is 5.75 Å². The van der Waals surface area contributed by atoms with Gasteiger partial charge in [0, 0.05) is 12.1 Å². The smallest absolute Gasteiger partial charge is 0.410 e. The predicted molar refractivity (Wildman–Crippen MR) is 128 cm³/mol. The van der Waals surface area contributed by atoms with Crippen molar-refractivity contribution in [3.05, 3.63) is 54.6 Å². The molecule has 1 aromatic rings. The van der Waals surface area contributed by atoms with Gasteiger partial charge < -0.3 is 23.8 Å². The van der Waals surface area contributed by atoms with E-state index in [9.17, 15) is 9.59 Å². The van der Waals surface area contributed by atoms with Crippen molar-refractivity contribution in [3.8, 4) is 5.75 Å². The van der Waals surface area contributed by atoms with E-state index in [1.807, 2.05) is 32.9 Å². The van der Waals surface area contributed by atoms with Crippen LogP contribution in [0.3, 0.4) is 0 Å². The van der Waals surface area contributed by atoms with Gasteiger partial charge in [-0.3, -0.25) is 0 Å². The maximum Gasteiger partial charge on any atom is 0.410 e. The summed E-state index contributed by atoms with van der Waals surface area (Å²) >= 11 is 0. The molecule has 33 heavy (non-hydrogen) atoms. The molecule has 0 unspecified atom stereocenters. The minimum absolute atomic E-state index is 0.0411. The van der Waals surface area contributed by atoms with E-state index in [-0.39, 0.29) is 18.2 Å². The van der Waals surface area contributed by atoms with E-state index in [0.29, 0.717) is 43.9 Å². The molecule has 1 aromatic carbocycles. The van der Waals surface area contributed by atoms with Gasteiger partial charge in [-0.25, -0.2) is 9.59 Å². The summed E-state index contributed by atoms with van der Waals surface area (Å²) in [4.78, 5) is 26.9. The largest absolute Gasteiger partial charge is 0.493 e. The number of piperidine rings is 1. The monoisotopic (exact) mass is 459 g/mol. The van der Waals surface area contributed by atoms with E-state index >= 15 is 0 Å². The molecule has 182 valence electrons. The van der Waals surface area contributed by atoms with Gasteiger partial charge in [0.25, 0.3) is 0 Å². The molecule has 1 heterocycles. The van der Waals surface area contributed by atoms with Crippen LogP contribution in [0.2, 0.25) is 0 Å². The normalized spacial score (nSPS) is 18.4. The second-order valence-electron chi connectivity index (χ2n) is 8.98. The van der Waals surface area contributed by atoms with E-state index in [2.05, 4.69) is 13.2 Å². The minimum atomic E-state index is -0.615. The van der Waals surface area contributed by atoms with Crippen LogP contribution < -0.4 is 4.74 Å². The summed E-state index contributed by atoms with van der Waals surface area (Å²) in [5.41, 5.74) is 0.578. The van der Waals surface area contributed by atoms with Gasteiger partial charge in [-0.2, -0.15) is 0 Å². The van der Waals surface area contributed by atoms with Crippen molar-refractivity contribution in [2.45, 2.75) is 64.2 Å². The number of unbranched alkanes of at least 4 members (excludes halogenated alkanes) is 1. The molecular formula is C26H37NO6. The van der Waals surface area contributed by atoms with Crippen molar-refractivity contribution in [2.75, 3.05) is 26.9 Å². The number of allylic oxidation sites excluding steroid dienone is 1. The highest BCUT2D eigenvalue weighted by molar-refractivity contribution is 5.90. The molecule has 7 nitrogen and oxygen atoms in total. The van der Waals surface area contributed by atoms with Gasteiger partial charge in [-0.1, -0.05) is 18.2 Å². The van der Waals surface area contributed by atoms with Crippen LogP contribution in [0.1, 0.15) is 68.4 Å². The first-order chi connectivity index (χ1) is 15.7. The number of carbonyl (C=O) groups excluding carboxylic acids is 2. The predicted octanol–water partition coefficient (Wildman–Crippen LogP) is 5.46. The van der Waals surface area contributed by atoms with Crippen LogP contribution in [0.25, 0.3) is 0 Å². The van der Waals surface area contributed by atoms with E-state index in [1.54, 1.807) is 23.1 Å². The van der Waals surface area contributed by atoms with Gasteiger partial charge in [-0.15, -0.1) is 13.2 Å². The van der Waals surface area contributed by atoms with Crippen LogP contribution in [0.15, 0.2) is 43.5 Å². The molecule has 2 atom stereocenters. The Hall–Kier alpha value is -2.80. The highest BCUT2D eigenvalue weighted by Gasteiger charge is 2.37. The molecule has 0 saturated carbocycles. The Labute approximate surface area is 197 Å². The molecular weight excluding hydrogens is 422 g/mol. The van der Waals surface area contributed by atoms with Crippen LogP contribution in [-0.2, 0) is 14.2 Å². The molecule has 7 heteroatoms. The Morgan fingerprint density at radius 3 is 2.61 bits per heavy atom. The van der Waals surface area contributed by atoms with Gasteiger partial charge in [0.05, 0.1) is 38.0 Å². The fraction of sp³-hybridized carbons (Fsp3) is 0.538. The first kappa shape index (κ1) is 26.5. The van der Waals surface area contributed by atoms with Crippen LogP contribution in [-0.4, -0.2) is 55.5 Å². The van der Waals surface area contributed by atoms with E-state index in [1.165, 1.54) is 7.11 Å². The number of carbonyl (C=O) groups is 2. The summed E-state index contributed by atoms with van der Waals surface area (Å²) in [5, 5.41) is 0. The number of methoxy groups -OCH3 is 1. The lowest BCUT2D eigenvalue weighted by molar-refractivity contribution is -0.0258. The molecule has 0 radical (unpaired) electrons. The Morgan fingerprint density at radius 2 is 1.97 bits per heavy atom.